The van der Waals surface area contributed by atoms with E-state index in [1.54, 1.807) is 7.11 Å². The van der Waals surface area contributed by atoms with Gasteiger partial charge in [0.25, 0.3) is 0 Å². The molecular weight excluding hydrogens is 250 g/mol. The van der Waals surface area contributed by atoms with Gasteiger partial charge in [0, 0.05) is 23.8 Å². The molecule has 20 heavy (non-hydrogen) atoms. The molecule has 0 saturated carbocycles. The quantitative estimate of drug-likeness (QED) is 0.910. The second-order valence-corrected chi connectivity index (χ2v) is 5.90. The van der Waals surface area contributed by atoms with Crippen LogP contribution in [0.2, 0.25) is 0 Å². The van der Waals surface area contributed by atoms with Gasteiger partial charge in [0.05, 0.1) is 19.3 Å². The summed E-state index contributed by atoms with van der Waals surface area (Å²) in [5, 5.41) is 7.90. The summed E-state index contributed by atoms with van der Waals surface area (Å²) >= 11 is 0. The lowest BCUT2D eigenvalue weighted by Crippen LogP contribution is -2.35. The summed E-state index contributed by atoms with van der Waals surface area (Å²) in [6, 6.07) is 10.1. The van der Waals surface area contributed by atoms with E-state index in [9.17, 15) is 0 Å². The molecule has 0 unspecified atom stereocenters. The molecule has 2 rings (SSSR count). The molecule has 1 heterocycles. The van der Waals surface area contributed by atoms with Crippen molar-refractivity contribution in [1.82, 2.24) is 15.1 Å². The maximum atomic E-state index is 5.39. The van der Waals surface area contributed by atoms with E-state index in [0.717, 1.165) is 24.4 Å². The number of para-hydroxylation sites is 1. The molecule has 1 N–H and O–H groups in total. The Bertz CT molecular complexity index is 555. The molecule has 0 spiro atoms. The summed E-state index contributed by atoms with van der Waals surface area (Å²) in [6.07, 6.45) is 1.84. The van der Waals surface area contributed by atoms with E-state index in [-0.39, 0.29) is 5.54 Å². The Kier molecular flexibility index (Phi) is 4.45. The van der Waals surface area contributed by atoms with Crippen LogP contribution in [0, 0.1) is 0 Å². The smallest absolute Gasteiger partial charge is 0.123 e. The molecule has 4 nitrogen and oxygen atoms in total. The third-order valence-electron chi connectivity index (χ3n) is 3.12. The van der Waals surface area contributed by atoms with Gasteiger partial charge in [-0.1, -0.05) is 18.2 Å². The van der Waals surface area contributed by atoms with Crippen LogP contribution in [0.3, 0.4) is 0 Å². The summed E-state index contributed by atoms with van der Waals surface area (Å²) in [4.78, 5) is 0. The molecular formula is C16H23N3O. The number of hydrogen-bond donors (Lipinski definition) is 1. The minimum absolute atomic E-state index is 0.0968. The van der Waals surface area contributed by atoms with E-state index < -0.39 is 0 Å². The van der Waals surface area contributed by atoms with Crippen LogP contribution in [0.4, 0.5) is 0 Å². The van der Waals surface area contributed by atoms with Crippen LogP contribution in [0.5, 0.6) is 5.75 Å². The Balaban J connectivity index is 2.12. The maximum Gasteiger partial charge on any atom is 0.123 e. The predicted octanol–water partition coefficient (Wildman–Crippen LogP) is 2.83. The minimum Gasteiger partial charge on any atom is -0.496 e. The highest BCUT2D eigenvalue weighted by Crippen LogP contribution is 2.19. The topological polar surface area (TPSA) is 39.1 Å². The third-order valence-corrected chi connectivity index (χ3v) is 3.12. The van der Waals surface area contributed by atoms with Crippen LogP contribution in [0.15, 0.2) is 36.5 Å². The van der Waals surface area contributed by atoms with Gasteiger partial charge in [-0.2, -0.15) is 5.10 Å². The molecule has 0 atom stereocenters. The molecule has 0 bridgehead atoms. The largest absolute Gasteiger partial charge is 0.496 e. The monoisotopic (exact) mass is 273 g/mol. The molecule has 1 aromatic heterocycles. The van der Waals surface area contributed by atoms with Gasteiger partial charge in [-0.05, 0) is 32.9 Å². The molecule has 108 valence electrons. The van der Waals surface area contributed by atoms with Crippen LogP contribution >= 0.6 is 0 Å². The van der Waals surface area contributed by atoms with Crippen molar-refractivity contribution in [3.8, 4) is 5.75 Å². The Labute approximate surface area is 120 Å². The highest BCUT2D eigenvalue weighted by Gasteiger charge is 2.11. The first-order chi connectivity index (χ1) is 9.49. The molecule has 0 fully saturated rings. The van der Waals surface area contributed by atoms with Gasteiger partial charge in [-0.3, -0.25) is 4.68 Å². The normalized spacial score (nSPS) is 11.6. The molecule has 2 aromatic rings. The van der Waals surface area contributed by atoms with Gasteiger partial charge in [0.2, 0.25) is 0 Å². The van der Waals surface area contributed by atoms with E-state index in [1.165, 1.54) is 5.69 Å². The van der Waals surface area contributed by atoms with Crippen LogP contribution in [0.25, 0.3) is 0 Å². The van der Waals surface area contributed by atoms with Crippen LogP contribution in [0.1, 0.15) is 32.0 Å². The molecule has 1 aromatic carbocycles. The Morgan fingerprint density at radius 1 is 1.20 bits per heavy atom. The molecule has 0 saturated heterocycles. The van der Waals surface area contributed by atoms with Crippen molar-refractivity contribution >= 4 is 0 Å². The average Bonchev–Trinajstić information content (AvgIpc) is 2.83. The number of nitrogens with one attached hydrogen (secondary N) is 1. The summed E-state index contributed by atoms with van der Waals surface area (Å²) in [6.45, 7) is 8.01. The van der Waals surface area contributed by atoms with E-state index in [2.05, 4.69) is 37.3 Å². The number of ether oxygens (including phenoxy) is 1. The van der Waals surface area contributed by atoms with Crippen molar-refractivity contribution in [3.63, 3.8) is 0 Å². The Morgan fingerprint density at radius 2 is 1.95 bits per heavy atom. The van der Waals surface area contributed by atoms with Crippen molar-refractivity contribution < 1.29 is 4.74 Å². The lowest BCUT2D eigenvalue weighted by atomic mass is 10.1. The molecule has 0 amide bonds. The van der Waals surface area contributed by atoms with Crippen molar-refractivity contribution in [1.29, 1.82) is 0 Å². The SMILES string of the molecule is COc1ccccc1Cn1nccc1CNC(C)(C)C. The van der Waals surface area contributed by atoms with Gasteiger partial charge in [0.15, 0.2) is 0 Å². The number of methoxy groups -OCH3 is 1. The highest BCUT2D eigenvalue weighted by molar-refractivity contribution is 5.33. The van der Waals surface area contributed by atoms with Gasteiger partial charge >= 0.3 is 0 Å². The number of aromatic nitrogens is 2. The number of hydrogen-bond acceptors (Lipinski definition) is 3. The van der Waals surface area contributed by atoms with Crippen molar-refractivity contribution in [3.05, 3.63) is 47.8 Å². The van der Waals surface area contributed by atoms with E-state index in [1.807, 2.05) is 35.1 Å². The highest BCUT2D eigenvalue weighted by atomic mass is 16.5. The fourth-order valence-electron chi connectivity index (χ4n) is 2.00. The minimum atomic E-state index is 0.0968. The average molecular weight is 273 g/mol. The van der Waals surface area contributed by atoms with Crippen molar-refractivity contribution in [2.75, 3.05) is 7.11 Å². The Morgan fingerprint density at radius 3 is 2.65 bits per heavy atom. The summed E-state index contributed by atoms with van der Waals surface area (Å²) in [5.41, 5.74) is 2.40. The standard InChI is InChI=1S/C16H23N3O/c1-16(2,3)17-11-14-9-10-18-19(14)12-13-7-5-6-8-15(13)20-4/h5-10,17H,11-12H2,1-4H3. The van der Waals surface area contributed by atoms with Gasteiger partial charge in [0.1, 0.15) is 5.75 Å². The van der Waals surface area contributed by atoms with Crippen LogP contribution in [-0.4, -0.2) is 22.4 Å². The zero-order chi connectivity index (χ0) is 14.6. The molecule has 0 aliphatic carbocycles. The number of nitrogens with zero attached hydrogens (tertiary/aromatic N) is 2. The number of rotatable bonds is 5. The van der Waals surface area contributed by atoms with Gasteiger partial charge < -0.3 is 10.1 Å². The molecule has 0 aliphatic heterocycles. The van der Waals surface area contributed by atoms with Crippen LogP contribution in [-0.2, 0) is 13.1 Å². The van der Waals surface area contributed by atoms with E-state index in [4.69, 9.17) is 4.74 Å². The second kappa shape index (κ2) is 6.09. The third kappa shape index (κ3) is 3.84. The molecule has 4 heteroatoms. The molecule has 0 radical (unpaired) electrons. The summed E-state index contributed by atoms with van der Waals surface area (Å²) in [5.74, 6) is 0.901. The predicted molar refractivity (Wildman–Crippen MR) is 80.9 cm³/mol. The zero-order valence-corrected chi connectivity index (χ0v) is 12.7. The number of benzene rings is 1. The van der Waals surface area contributed by atoms with E-state index >= 15 is 0 Å². The van der Waals surface area contributed by atoms with Crippen molar-refractivity contribution in [2.45, 2.75) is 39.4 Å². The molecule has 0 aliphatic rings. The first-order valence-electron chi connectivity index (χ1n) is 6.87. The second-order valence-electron chi connectivity index (χ2n) is 5.90. The zero-order valence-electron chi connectivity index (χ0n) is 12.7. The van der Waals surface area contributed by atoms with Gasteiger partial charge in [-0.25, -0.2) is 0 Å². The van der Waals surface area contributed by atoms with Gasteiger partial charge in [-0.15, -0.1) is 0 Å². The Hall–Kier alpha value is -1.81. The summed E-state index contributed by atoms with van der Waals surface area (Å²) < 4.78 is 7.40. The van der Waals surface area contributed by atoms with Crippen LogP contribution < -0.4 is 10.1 Å². The van der Waals surface area contributed by atoms with Crippen molar-refractivity contribution in [2.24, 2.45) is 0 Å². The first-order valence-corrected chi connectivity index (χ1v) is 6.87. The lowest BCUT2D eigenvalue weighted by Gasteiger charge is -2.21. The summed E-state index contributed by atoms with van der Waals surface area (Å²) in [7, 11) is 1.70. The first kappa shape index (κ1) is 14.6. The fraction of sp³-hybridized carbons (Fsp3) is 0.438. The van der Waals surface area contributed by atoms with E-state index in [0.29, 0.717) is 0 Å². The lowest BCUT2D eigenvalue weighted by molar-refractivity contribution is 0.402. The fourth-order valence-corrected chi connectivity index (χ4v) is 2.00. The maximum absolute atomic E-state index is 5.39.